The summed E-state index contributed by atoms with van der Waals surface area (Å²) < 4.78 is 28.2. The minimum Gasteiger partial charge on any atom is -0.314 e. The number of nitrogens with zero attached hydrogens (tertiary/aromatic N) is 4. The first-order valence-corrected chi connectivity index (χ1v) is 12.2. The van der Waals surface area contributed by atoms with Crippen LogP contribution in [0.25, 0.3) is 11.0 Å². The summed E-state index contributed by atoms with van der Waals surface area (Å²) in [5, 5.41) is 2.83. The summed E-state index contributed by atoms with van der Waals surface area (Å²) in [5.74, 6) is 0.418. The van der Waals surface area contributed by atoms with Gasteiger partial charge in [-0.1, -0.05) is 32.4 Å². The van der Waals surface area contributed by atoms with Crippen molar-refractivity contribution in [2.75, 3.05) is 44.8 Å². The maximum atomic E-state index is 12.5. The first-order valence-electron chi connectivity index (χ1n) is 9.22. The number of halogens is 1. The number of aromatic nitrogens is 2. The molecule has 11 heteroatoms. The fourth-order valence-electron chi connectivity index (χ4n) is 3.11. The SMILES string of the molecule is CN1CCN(SC(=O)Nc2cc3c(cc2Cl)nc(C(C)(C)C)n3S(C)(=O)=O)CC1. The molecule has 29 heavy (non-hydrogen) atoms. The van der Waals surface area contributed by atoms with Crippen LogP contribution in [0.15, 0.2) is 12.1 Å². The lowest BCUT2D eigenvalue weighted by Gasteiger charge is -2.30. The maximum Gasteiger partial charge on any atom is 0.298 e. The van der Waals surface area contributed by atoms with Gasteiger partial charge in [0, 0.05) is 43.5 Å². The van der Waals surface area contributed by atoms with Crippen molar-refractivity contribution in [3.8, 4) is 0 Å². The average molecular weight is 460 g/mol. The highest BCUT2D eigenvalue weighted by molar-refractivity contribution is 8.11. The largest absolute Gasteiger partial charge is 0.314 e. The Balaban J connectivity index is 1.93. The zero-order chi connectivity index (χ0) is 21.6. The van der Waals surface area contributed by atoms with Gasteiger partial charge in [-0.05, 0) is 19.2 Å². The number of fused-ring (bicyclic) bond motifs is 1. The Morgan fingerprint density at radius 1 is 1.21 bits per heavy atom. The summed E-state index contributed by atoms with van der Waals surface area (Å²) in [5.41, 5.74) is 0.725. The highest BCUT2D eigenvalue weighted by Gasteiger charge is 2.28. The highest BCUT2D eigenvalue weighted by atomic mass is 35.5. The van der Waals surface area contributed by atoms with Gasteiger partial charge in [0.1, 0.15) is 5.82 Å². The highest BCUT2D eigenvalue weighted by Crippen LogP contribution is 2.33. The molecule has 0 bridgehead atoms. The second-order valence-electron chi connectivity index (χ2n) is 8.27. The number of rotatable bonds is 3. The molecule has 1 amide bonds. The smallest absolute Gasteiger partial charge is 0.298 e. The second-order valence-corrected chi connectivity index (χ2v) is 11.6. The van der Waals surface area contributed by atoms with E-state index in [1.165, 1.54) is 3.97 Å². The number of likely N-dealkylation sites (N-methyl/N-ethyl adjacent to an activating group) is 1. The van der Waals surface area contributed by atoms with Crippen molar-refractivity contribution in [3.63, 3.8) is 0 Å². The molecule has 0 spiro atoms. The van der Waals surface area contributed by atoms with Gasteiger partial charge in [0.25, 0.3) is 5.24 Å². The third kappa shape index (κ3) is 5.05. The summed E-state index contributed by atoms with van der Waals surface area (Å²) >= 11 is 7.46. The van der Waals surface area contributed by atoms with Gasteiger partial charge in [-0.3, -0.25) is 4.79 Å². The molecule has 8 nitrogen and oxygen atoms in total. The summed E-state index contributed by atoms with van der Waals surface area (Å²) in [4.78, 5) is 19.2. The van der Waals surface area contributed by atoms with Crippen molar-refractivity contribution in [1.82, 2.24) is 18.2 Å². The molecule has 1 aliphatic rings. The van der Waals surface area contributed by atoms with E-state index in [2.05, 4.69) is 15.2 Å². The Morgan fingerprint density at radius 3 is 2.38 bits per heavy atom. The third-order valence-corrected chi connectivity index (χ3v) is 6.85. The van der Waals surface area contributed by atoms with Crippen LogP contribution in [0.1, 0.15) is 26.6 Å². The molecule has 2 heterocycles. The zero-order valence-corrected chi connectivity index (χ0v) is 19.6. The van der Waals surface area contributed by atoms with Crippen molar-refractivity contribution < 1.29 is 13.2 Å². The van der Waals surface area contributed by atoms with E-state index in [1.54, 1.807) is 12.1 Å². The van der Waals surface area contributed by atoms with Gasteiger partial charge in [-0.25, -0.2) is 21.7 Å². The minimum atomic E-state index is -3.61. The number of amides is 1. The normalized spacial score (nSPS) is 17.0. The van der Waals surface area contributed by atoms with Crippen LogP contribution in [0.2, 0.25) is 5.02 Å². The lowest BCUT2D eigenvalue weighted by Crippen LogP contribution is -2.41. The van der Waals surface area contributed by atoms with Gasteiger partial charge < -0.3 is 10.2 Å². The van der Waals surface area contributed by atoms with Gasteiger partial charge in [-0.15, -0.1) is 0 Å². The van der Waals surface area contributed by atoms with Crippen LogP contribution in [0.3, 0.4) is 0 Å². The molecule has 1 N–H and O–H groups in total. The summed E-state index contributed by atoms with van der Waals surface area (Å²) in [6.07, 6.45) is 1.14. The molecule has 1 fully saturated rings. The van der Waals surface area contributed by atoms with Crippen LogP contribution in [0.5, 0.6) is 0 Å². The number of anilines is 1. The van der Waals surface area contributed by atoms with E-state index in [0.717, 1.165) is 44.4 Å². The van der Waals surface area contributed by atoms with Crippen LogP contribution in [0.4, 0.5) is 10.5 Å². The van der Waals surface area contributed by atoms with Crippen molar-refractivity contribution in [3.05, 3.63) is 23.0 Å². The third-order valence-electron chi connectivity index (χ3n) is 4.62. The predicted molar refractivity (Wildman–Crippen MR) is 119 cm³/mol. The lowest BCUT2D eigenvalue weighted by molar-refractivity contribution is 0.232. The Bertz CT molecular complexity index is 1040. The van der Waals surface area contributed by atoms with E-state index < -0.39 is 15.4 Å². The number of hydrogen-bond acceptors (Lipinski definition) is 7. The van der Waals surface area contributed by atoms with Crippen molar-refractivity contribution in [1.29, 1.82) is 0 Å². The van der Waals surface area contributed by atoms with E-state index in [0.29, 0.717) is 27.6 Å². The molecule has 1 saturated heterocycles. The molecule has 0 unspecified atom stereocenters. The van der Waals surface area contributed by atoms with Gasteiger partial charge in [0.2, 0.25) is 10.0 Å². The molecule has 1 aromatic carbocycles. The number of benzene rings is 1. The summed E-state index contributed by atoms with van der Waals surface area (Å²) in [6, 6.07) is 3.16. The zero-order valence-electron chi connectivity index (χ0n) is 17.2. The number of imidazole rings is 1. The number of carbonyl (C=O) groups is 1. The predicted octanol–water partition coefficient (Wildman–Crippen LogP) is 3.22. The molecule has 0 atom stereocenters. The van der Waals surface area contributed by atoms with E-state index >= 15 is 0 Å². The van der Waals surface area contributed by atoms with E-state index in [-0.39, 0.29) is 5.24 Å². The molecule has 0 aliphatic carbocycles. The van der Waals surface area contributed by atoms with E-state index in [4.69, 9.17) is 11.6 Å². The number of nitrogens with one attached hydrogen (secondary N) is 1. The number of carbonyl (C=O) groups excluding carboxylic acids is 1. The fraction of sp³-hybridized carbons (Fsp3) is 0.556. The quantitative estimate of drug-likeness (QED) is 0.705. The first-order chi connectivity index (χ1) is 13.4. The second kappa shape index (κ2) is 8.07. The van der Waals surface area contributed by atoms with E-state index in [1.807, 2.05) is 32.1 Å². The Kier molecular flexibility index (Phi) is 6.22. The van der Waals surface area contributed by atoms with Crippen molar-refractivity contribution in [2.24, 2.45) is 0 Å². The molecule has 1 aromatic heterocycles. The molecule has 0 saturated carbocycles. The maximum absolute atomic E-state index is 12.5. The van der Waals surface area contributed by atoms with Crippen molar-refractivity contribution in [2.45, 2.75) is 26.2 Å². The molecule has 2 aromatic rings. The molecule has 0 radical (unpaired) electrons. The van der Waals surface area contributed by atoms with Crippen LogP contribution in [-0.4, -0.2) is 71.3 Å². The van der Waals surface area contributed by atoms with Gasteiger partial charge >= 0.3 is 0 Å². The van der Waals surface area contributed by atoms with Crippen LogP contribution >= 0.6 is 23.5 Å². The Hall–Kier alpha value is -1.33. The van der Waals surface area contributed by atoms with Crippen molar-refractivity contribution >= 4 is 55.5 Å². The Morgan fingerprint density at radius 2 is 1.83 bits per heavy atom. The van der Waals surface area contributed by atoms with E-state index in [9.17, 15) is 13.2 Å². The fourth-order valence-corrected chi connectivity index (χ4v) is 5.18. The average Bonchev–Trinajstić information content (AvgIpc) is 2.96. The van der Waals surface area contributed by atoms with Gasteiger partial charge in [0.05, 0.1) is 28.0 Å². The Labute approximate surface area is 180 Å². The molecule has 160 valence electrons. The standard InChI is InChI=1S/C18H26ClN5O3S2/c1-18(2,3)16-20-14-10-12(19)13(11-15(14)24(16)29(5,26)27)21-17(25)28-23-8-6-22(4)7-9-23/h10-11H,6-9H2,1-5H3,(H,21,25). The monoisotopic (exact) mass is 459 g/mol. The summed E-state index contributed by atoms with van der Waals surface area (Å²) in [7, 11) is -1.56. The molecular weight excluding hydrogens is 434 g/mol. The van der Waals surface area contributed by atoms with Gasteiger partial charge in [-0.2, -0.15) is 0 Å². The van der Waals surface area contributed by atoms with Crippen LogP contribution in [0, 0.1) is 0 Å². The number of piperazine rings is 1. The topological polar surface area (TPSA) is 87.5 Å². The summed E-state index contributed by atoms with van der Waals surface area (Å²) in [6.45, 7) is 9.06. The molecule has 3 rings (SSSR count). The van der Waals surface area contributed by atoms with Gasteiger partial charge in [0.15, 0.2) is 0 Å². The van der Waals surface area contributed by atoms with Crippen LogP contribution < -0.4 is 5.32 Å². The molecule has 1 aliphatic heterocycles. The minimum absolute atomic E-state index is 0.266. The van der Waals surface area contributed by atoms with Crippen LogP contribution in [-0.2, 0) is 15.4 Å². The first kappa shape index (κ1) is 22.4. The lowest BCUT2D eigenvalue weighted by atomic mass is 9.96. The molecular formula is C18H26ClN5O3S2. The number of hydrogen-bond donors (Lipinski definition) is 1.